The van der Waals surface area contributed by atoms with E-state index in [0.717, 1.165) is 0 Å². The maximum absolute atomic E-state index is 12.7. The first-order chi connectivity index (χ1) is 9.18. The molecule has 0 spiro atoms. The Morgan fingerprint density at radius 1 is 1.35 bits per heavy atom. The van der Waals surface area contributed by atoms with E-state index in [1.165, 1.54) is 0 Å². The van der Waals surface area contributed by atoms with Crippen LogP contribution in [0.25, 0.3) is 0 Å². The van der Waals surface area contributed by atoms with Crippen molar-refractivity contribution >= 4 is 11.8 Å². The lowest BCUT2D eigenvalue weighted by molar-refractivity contribution is -0.152. The highest BCUT2D eigenvalue weighted by atomic mass is 16.5. The van der Waals surface area contributed by atoms with Crippen LogP contribution in [0.3, 0.4) is 0 Å². The number of hydrogen-bond acceptors (Lipinski definition) is 3. The van der Waals surface area contributed by atoms with Crippen LogP contribution in [-0.4, -0.2) is 48.6 Å². The average molecular weight is 284 g/mol. The van der Waals surface area contributed by atoms with Crippen LogP contribution in [0.1, 0.15) is 41.5 Å². The zero-order valence-corrected chi connectivity index (χ0v) is 13.5. The minimum absolute atomic E-state index is 0.00416. The first-order valence-corrected chi connectivity index (χ1v) is 7.36. The summed E-state index contributed by atoms with van der Waals surface area (Å²) in [6.07, 6.45) is 0. The van der Waals surface area contributed by atoms with E-state index in [1.54, 1.807) is 4.90 Å². The van der Waals surface area contributed by atoms with E-state index in [9.17, 15) is 9.59 Å². The Balaban J connectivity index is 2.95. The predicted molar refractivity (Wildman–Crippen MR) is 78.2 cm³/mol. The number of carbonyl (C=O) groups is 2. The smallest absolute Gasteiger partial charge is 0.246 e. The molecule has 2 atom stereocenters. The number of nitrogens with one attached hydrogen (secondary N) is 1. The van der Waals surface area contributed by atoms with Gasteiger partial charge in [0.15, 0.2) is 0 Å². The van der Waals surface area contributed by atoms with Crippen LogP contribution in [-0.2, 0) is 14.3 Å². The number of nitrogens with zero attached hydrogens (tertiary/aromatic N) is 1. The molecule has 0 saturated carbocycles. The molecular formula is C15H28N2O3. The second-order valence-corrected chi connectivity index (χ2v) is 6.80. The quantitative estimate of drug-likeness (QED) is 0.830. The highest BCUT2D eigenvalue weighted by molar-refractivity contribution is 5.95. The van der Waals surface area contributed by atoms with Gasteiger partial charge in [0.2, 0.25) is 11.8 Å². The lowest BCUT2D eigenvalue weighted by Crippen LogP contribution is -2.65. The van der Waals surface area contributed by atoms with Gasteiger partial charge in [-0.15, -0.1) is 0 Å². The molecule has 116 valence electrons. The summed E-state index contributed by atoms with van der Waals surface area (Å²) in [6.45, 7) is 13.1. The van der Waals surface area contributed by atoms with Gasteiger partial charge in [-0.2, -0.15) is 0 Å². The Hall–Kier alpha value is -1.10. The van der Waals surface area contributed by atoms with Crippen LogP contribution in [0, 0.1) is 11.3 Å². The Morgan fingerprint density at radius 3 is 2.40 bits per heavy atom. The molecule has 0 aromatic heterocycles. The van der Waals surface area contributed by atoms with E-state index >= 15 is 0 Å². The van der Waals surface area contributed by atoms with Crippen LogP contribution < -0.4 is 5.32 Å². The van der Waals surface area contributed by atoms with Gasteiger partial charge in [0.05, 0.1) is 19.2 Å². The first kappa shape index (κ1) is 17.0. The van der Waals surface area contributed by atoms with E-state index in [2.05, 4.69) is 19.2 Å². The summed E-state index contributed by atoms with van der Waals surface area (Å²) in [7, 11) is 0. The fraction of sp³-hybridized carbons (Fsp3) is 0.867. The van der Waals surface area contributed by atoms with Crippen molar-refractivity contribution in [1.29, 1.82) is 0 Å². The molecule has 5 heteroatoms. The van der Waals surface area contributed by atoms with Crippen LogP contribution in [0.4, 0.5) is 0 Å². The van der Waals surface area contributed by atoms with Gasteiger partial charge in [0, 0.05) is 6.61 Å². The van der Waals surface area contributed by atoms with Crippen molar-refractivity contribution in [1.82, 2.24) is 10.2 Å². The minimum atomic E-state index is -0.466. The lowest BCUT2D eigenvalue weighted by Gasteiger charge is -2.43. The summed E-state index contributed by atoms with van der Waals surface area (Å²) in [5.41, 5.74) is -0.293. The summed E-state index contributed by atoms with van der Waals surface area (Å²) in [6, 6.07) is -0.523. The normalized spacial score (nSPS) is 22.1. The Labute approximate surface area is 122 Å². The zero-order chi connectivity index (χ0) is 15.5. The third kappa shape index (κ3) is 3.95. The number of ether oxygens (including phenoxy) is 1. The molecule has 20 heavy (non-hydrogen) atoms. The SMILES string of the molecule is CCOCC(C(C)C)N1CC(=O)NC(C(C)(C)C)C1=O. The third-order valence-electron chi connectivity index (χ3n) is 3.68. The first-order valence-electron chi connectivity index (χ1n) is 7.36. The lowest BCUT2D eigenvalue weighted by atomic mass is 9.84. The summed E-state index contributed by atoms with van der Waals surface area (Å²) >= 11 is 0. The molecule has 2 amide bonds. The van der Waals surface area contributed by atoms with Gasteiger partial charge in [-0.1, -0.05) is 34.6 Å². The zero-order valence-electron chi connectivity index (χ0n) is 13.5. The number of rotatable bonds is 5. The van der Waals surface area contributed by atoms with E-state index < -0.39 is 6.04 Å². The van der Waals surface area contributed by atoms with Gasteiger partial charge < -0.3 is 15.0 Å². The summed E-state index contributed by atoms with van der Waals surface area (Å²) in [5.74, 6) is 0.152. The molecular weight excluding hydrogens is 256 g/mol. The van der Waals surface area contributed by atoms with E-state index in [0.29, 0.717) is 13.2 Å². The molecule has 0 aromatic carbocycles. The third-order valence-corrected chi connectivity index (χ3v) is 3.68. The molecule has 1 saturated heterocycles. The molecule has 1 rings (SSSR count). The fourth-order valence-electron chi connectivity index (χ4n) is 2.42. The van der Waals surface area contributed by atoms with Gasteiger partial charge in [0.25, 0.3) is 0 Å². The van der Waals surface area contributed by atoms with Crippen molar-refractivity contribution in [2.75, 3.05) is 19.8 Å². The number of carbonyl (C=O) groups excluding carboxylic acids is 2. The van der Waals surface area contributed by atoms with Gasteiger partial charge in [-0.05, 0) is 18.3 Å². The molecule has 2 unspecified atom stereocenters. The second-order valence-electron chi connectivity index (χ2n) is 6.80. The molecule has 0 bridgehead atoms. The van der Waals surface area contributed by atoms with Crippen molar-refractivity contribution in [3.8, 4) is 0 Å². The Kier molecular flexibility index (Phi) is 5.57. The molecule has 1 fully saturated rings. The van der Waals surface area contributed by atoms with Crippen LogP contribution in [0.5, 0.6) is 0 Å². The maximum Gasteiger partial charge on any atom is 0.246 e. The molecule has 5 nitrogen and oxygen atoms in total. The molecule has 0 aliphatic carbocycles. The summed E-state index contributed by atoms with van der Waals surface area (Å²) in [4.78, 5) is 26.3. The largest absolute Gasteiger partial charge is 0.380 e. The van der Waals surface area contributed by atoms with Crippen molar-refractivity contribution in [2.45, 2.75) is 53.6 Å². The topological polar surface area (TPSA) is 58.6 Å². The van der Waals surface area contributed by atoms with Crippen LogP contribution in [0.2, 0.25) is 0 Å². The van der Waals surface area contributed by atoms with Gasteiger partial charge in [0.1, 0.15) is 6.04 Å². The molecule has 1 aliphatic heterocycles. The molecule has 1 N–H and O–H groups in total. The van der Waals surface area contributed by atoms with Crippen LogP contribution >= 0.6 is 0 Å². The monoisotopic (exact) mass is 284 g/mol. The maximum atomic E-state index is 12.7. The highest BCUT2D eigenvalue weighted by Crippen LogP contribution is 2.25. The predicted octanol–water partition coefficient (Wildman–Crippen LogP) is 1.42. The van der Waals surface area contributed by atoms with Gasteiger partial charge in [-0.3, -0.25) is 9.59 Å². The molecule has 1 heterocycles. The van der Waals surface area contributed by atoms with Gasteiger partial charge in [-0.25, -0.2) is 0 Å². The fourth-order valence-corrected chi connectivity index (χ4v) is 2.42. The number of piperazine rings is 1. The molecule has 1 aliphatic rings. The van der Waals surface area contributed by atoms with Crippen molar-refractivity contribution < 1.29 is 14.3 Å². The Morgan fingerprint density at radius 2 is 1.95 bits per heavy atom. The van der Waals surface area contributed by atoms with Crippen molar-refractivity contribution in [3.05, 3.63) is 0 Å². The van der Waals surface area contributed by atoms with E-state index in [1.807, 2.05) is 27.7 Å². The minimum Gasteiger partial charge on any atom is -0.380 e. The standard InChI is InChI=1S/C15H28N2O3/c1-7-20-9-11(10(2)3)17-8-12(18)16-13(14(17)19)15(4,5)6/h10-11,13H,7-9H2,1-6H3,(H,16,18). The number of amides is 2. The van der Waals surface area contributed by atoms with Crippen molar-refractivity contribution in [3.63, 3.8) is 0 Å². The Bertz CT molecular complexity index is 361. The average Bonchev–Trinajstić information content (AvgIpc) is 2.31. The van der Waals surface area contributed by atoms with Gasteiger partial charge >= 0.3 is 0 Å². The van der Waals surface area contributed by atoms with Crippen LogP contribution in [0.15, 0.2) is 0 Å². The van der Waals surface area contributed by atoms with Crippen molar-refractivity contribution in [2.24, 2.45) is 11.3 Å². The second kappa shape index (κ2) is 6.57. The van der Waals surface area contributed by atoms with E-state index in [4.69, 9.17) is 4.74 Å². The number of hydrogen-bond donors (Lipinski definition) is 1. The highest BCUT2D eigenvalue weighted by Gasteiger charge is 2.42. The molecule has 0 aromatic rings. The molecule has 0 radical (unpaired) electrons. The summed E-state index contributed by atoms with van der Waals surface area (Å²) in [5, 5.41) is 2.81. The summed E-state index contributed by atoms with van der Waals surface area (Å²) < 4.78 is 5.49. The van der Waals surface area contributed by atoms with E-state index in [-0.39, 0.29) is 35.7 Å².